The normalized spacial score (nSPS) is 14.1. The summed E-state index contributed by atoms with van der Waals surface area (Å²) < 4.78 is 2.09. The Labute approximate surface area is 128 Å². The Kier molecular flexibility index (Phi) is 4.23. The molecule has 1 aliphatic rings. The third kappa shape index (κ3) is 3.10. The summed E-state index contributed by atoms with van der Waals surface area (Å²) in [7, 11) is 0. The first-order chi connectivity index (χ1) is 10.3. The lowest BCUT2D eigenvalue weighted by atomic mass is 10.3. The minimum Gasteiger partial charge on any atom is -0.370 e. The molecule has 112 valence electrons. The maximum atomic E-state index is 4.62. The Bertz CT molecular complexity index is 612. The predicted molar refractivity (Wildman–Crippen MR) is 83.7 cm³/mol. The number of rotatable bonds is 5. The maximum Gasteiger partial charge on any atom is 0.191 e. The molecule has 21 heavy (non-hydrogen) atoms. The molecule has 2 aromatic heterocycles. The van der Waals surface area contributed by atoms with E-state index < -0.39 is 0 Å². The topological polar surface area (TPSA) is 71.8 Å². The molecule has 1 N–H and O–H groups in total. The van der Waals surface area contributed by atoms with Crippen molar-refractivity contribution in [1.82, 2.24) is 24.7 Å². The zero-order valence-corrected chi connectivity index (χ0v) is 13.1. The van der Waals surface area contributed by atoms with Gasteiger partial charge in [0, 0.05) is 25.7 Å². The van der Waals surface area contributed by atoms with Crippen LogP contribution in [0.15, 0.2) is 17.6 Å². The Balaban J connectivity index is 1.84. The van der Waals surface area contributed by atoms with Gasteiger partial charge in [-0.2, -0.15) is 0 Å². The van der Waals surface area contributed by atoms with E-state index >= 15 is 0 Å². The van der Waals surface area contributed by atoms with E-state index in [1.165, 1.54) is 0 Å². The van der Waals surface area contributed by atoms with E-state index in [0.29, 0.717) is 0 Å². The summed E-state index contributed by atoms with van der Waals surface area (Å²) in [4.78, 5) is 11.3. The number of nitrogens with one attached hydrogen (secondary N) is 1. The van der Waals surface area contributed by atoms with Crippen LogP contribution in [0, 0.1) is 0 Å². The van der Waals surface area contributed by atoms with E-state index in [0.717, 1.165) is 55.2 Å². The minimum atomic E-state index is 0.734. The number of anilines is 2. The fourth-order valence-electron chi connectivity index (χ4n) is 2.27. The number of nitrogens with zero attached hydrogens (tertiary/aromatic N) is 6. The Hall–Kier alpha value is -1.83. The average Bonchev–Trinajstić information content (AvgIpc) is 3.00. The highest BCUT2D eigenvalue weighted by Gasteiger charge is 2.19. The number of aromatic nitrogens is 5. The van der Waals surface area contributed by atoms with Crippen LogP contribution in [-0.2, 0) is 13.1 Å². The van der Waals surface area contributed by atoms with Crippen LogP contribution in [0.1, 0.15) is 19.2 Å². The Morgan fingerprint density at radius 3 is 3.05 bits per heavy atom. The number of fused-ring (bicyclic) bond motifs is 1. The van der Waals surface area contributed by atoms with Crippen molar-refractivity contribution in [2.24, 2.45) is 0 Å². The summed E-state index contributed by atoms with van der Waals surface area (Å²) in [5.74, 6) is 2.81. The summed E-state index contributed by atoms with van der Waals surface area (Å²) in [6.45, 7) is 5.58. The summed E-state index contributed by atoms with van der Waals surface area (Å²) in [6.07, 6.45) is 4.85. The molecule has 0 aliphatic carbocycles. The van der Waals surface area contributed by atoms with Gasteiger partial charge in [-0.25, -0.2) is 9.97 Å². The second kappa shape index (κ2) is 6.30. The van der Waals surface area contributed by atoms with Gasteiger partial charge in [0.05, 0.1) is 6.54 Å². The molecule has 1 aliphatic heterocycles. The third-order valence-corrected chi connectivity index (χ3v) is 3.94. The minimum absolute atomic E-state index is 0.734. The molecule has 8 heteroatoms. The first kappa shape index (κ1) is 14.1. The molecule has 0 amide bonds. The highest BCUT2D eigenvalue weighted by atomic mass is 32.2. The van der Waals surface area contributed by atoms with Crippen LogP contribution >= 0.6 is 11.8 Å². The molecular formula is C13H19N7S. The molecule has 0 saturated heterocycles. The molecule has 0 saturated carbocycles. The van der Waals surface area contributed by atoms with Gasteiger partial charge in [0.1, 0.15) is 18.0 Å². The highest BCUT2D eigenvalue weighted by molar-refractivity contribution is 7.98. The molecule has 7 nitrogen and oxygen atoms in total. The van der Waals surface area contributed by atoms with Gasteiger partial charge in [0.15, 0.2) is 11.0 Å². The van der Waals surface area contributed by atoms with Crippen LogP contribution in [0.5, 0.6) is 0 Å². The zero-order valence-electron chi connectivity index (χ0n) is 12.3. The van der Waals surface area contributed by atoms with Crippen molar-refractivity contribution in [1.29, 1.82) is 0 Å². The quantitative estimate of drug-likeness (QED) is 0.665. The van der Waals surface area contributed by atoms with Crippen molar-refractivity contribution >= 4 is 23.4 Å². The van der Waals surface area contributed by atoms with Crippen molar-refractivity contribution < 1.29 is 0 Å². The van der Waals surface area contributed by atoms with Crippen LogP contribution in [0.2, 0.25) is 0 Å². The third-order valence-electron chi connectivity index (χ3n) is 3.39. The smallest absolute Gasteiger partial charge is 0.191 e. The van der Waals surface area contributed by atoms with Gasteiger partial charge in [-0.15, -0.1) is 10.2 Å². The number of thioether (sulfide) groups is 1. The summed E-state index contributed by atoms with van der Waals surface area (Å²) in [5.41, 5.74) is 0. The second-order valence-electron chi connectivity index (χ2n) is 4.89. The van der Waals surface area contributed by atoms with Gasteiger partial charge in [-0.05, 0) is 12.7 Å². The molecule has 0 radical (unpaired) electrons. The lowest BCUT2D eigenvalue weighted by Crippen LogP contribution is -2.34. The lowest BCUT2D eigenvalue weighted by molar-refractivity contribution is 0.554. The maximum absolute atomic E-state index is 4.62. The van der Waals surface area contributed by atoms with Crippen LogP contribution in [-0.4, -0.2) is 44.1 Å². The van der Waals surface area contributed by atoms with Crippen molar-refractivity contribution in [2.75, 3.05) is 29.6 Å². The summed E-state index contributed by atoms with van der Waals surface area (Å²) in [6, 6.07) is 2.02. The van der Waals surface area contributed by atoms with E-state index in [4.69, 9.17) is 0 Å². The molecule has 0 bridgehead atoms. The van der Waals surface area contributed by atoms with Crippen molar-refractivity contribution in [3.63, 3.8) is 0 Å². The monoisotopic (exact) mass is 305 g/mol. The zero-order chi connectivity index (χ0) is 14.7. The van der Waals surface area contributed by atoms with E-state index in [1.807, 2.05) is 12.3 Å². The fourth-order valence-corrected chi connectivity index (χ4v) is 2.65. The first-order valence-electron chi connectivity index (χ1n) is 7.08. The van der Waals surface area contributed by atoms with Gasteiger partial charge in [-0.3, -0.25) is 0 Å². The number of hydrogen-bond acceptors (Lipinski definition) is 7. The van der Waals surface area contributed by atoms with Gasteiger partial charge in [0.2, 0.25) is 0 Å². The van der Waals surface area contributed by atoms with Gasteiger partial charge < -0.3 is 14.8 Å². The van der Waals surface area contributed by atoms with Crippen molar-refractivity contribution in [3.05, 3.63) is 18.2 Å². The van der Waals surface area contributed by atoms with Crippen molar-refractivity contribution in [3.8, 4) is 0 Å². The Morgan fingerprint density at radius 1 is 1.33 bits per heavy atom. The van der Waals surface area contributed by atoms with Crippen LogP contribution in [0.4, 0.5) is 11.6 Å². The molecule has 0 aromatic carbocycles. The lowest BCUT2D eigenvalue weighted by Gasteiger charge is -2.28. The average molecular weight is 305 g/mol. The Morgan fingerprint density at radius 2 is 2.24 bits per heavy atom. The second-order valence-corrected chi connectivity index (χ2v) is 5.66. The SMILES string of the molecule is CCCNc1cc(N2CCn3cnnc3C2)nc(SC)n1. The standard InChI is InChI=1S/C13H19N7S/c1-3-4-14-10-7-11(17-13(16-10)21-2)19-5-6-20-9-15-18-12(20)8-19/h7,9H,3-6,8H2,1-2H3,(H,14,16,17). The molecule has 0 fully saturated rings. The van der Waals surface area contributed by atoms with Gasteiger partial charge in [0.25, 0.3) is 0 Å². The molecule has 2 aromatic rings. The molecule has 3 rings (SSSR count). The van der Waals surface area contributed by atoms with Crippen LogP contribution in [0.3, 0.4) is 0 Å². The molecule has 0 unspecified atom stereocenters. The van der Waals surface area contributed by atoms with Gasteiger partial charge >= 0.3 is 0 Å². The van der Waals surface area contributed by atoms with Gasteiger partial charge in [-0.1, -0.05) is 18.7 Å². The van der Waals surface area contributed by atoms with E-state index in [2.05, 4.69) is 41.9 Å². The molecule has 0 spiro atoms. The summed E-state index contributed by atoms with van der Waals surface area (Å²) in [5, 5.41) is 12.2. The van der Waals surface area contributed by atoms with E-state index in [9.17, 15) is 0 Å². The molecule has 0 atom stereocenters. The predicted octanol–water partition coefficient (Wildman–Crippen LogP) is 1.63. The highest BCUT2D eigenvalue weighted by Crippen LogP contribution is 2.23. The molecular weight excluding hydrogens is 286 g/mol. The van der Waals surface area contributed by atoms with Crippen LogP contribution < -0.4 is 10.2 Å². The number of hydrogen-bond donors (Lipinski definition) is 1. The van der Waals surface area contributed by atoms with E-state index in [1.54, 1.807) is 18.1 Å². The van der Waals surface area contributed by atoms with E-state index in [-0.39, 0.29) is 0 Å². The largest absolute Gasteiger partial charge is 0.370 e. The fraction of sp³-hybridized carbons (Fsp3) is 0.538. The van der Waals surface area contributed by atoms with Crippen LogP contribution in [0.25, 0.3) is 0 Å². The summed E-state index contributed by atoms with van der Waals surface area (Å²) >= 11 is 1.56. The molecule has 3 heterocycles. The first-order valence-corrected chi connectivity index (χ1v) is 8.31. The van der Waals surface area contributed by atoms with Crippen molar-refractivity contribution in [2.45, 2.75) is 31.6 Å².